The second-order valence-corrected chi connectivity index (χ2v) is 2.96. The molecule has 0 amide bonds. The van der Waals surface area contributed by atoms with Crippen molar-refractivity contribution in [1.82, 2.24) is 4.72 Å². The summed E-state index contributed by atoms with van der Waals surface area (Å²) in [5.74, 6) is 0. The fraction of sp³-hybridized carbons (Fsp3) is 1.00. The van der Waals surface area contributed by atoms with E-state index >= 15 is 0 Å². The standard InChI is InChI=1S/C6H13NOS/c8-9-7-6-4-2-1-3-5-6/h6-8H,1-5H2. The van der Waals surface area contributed by atoms with Crippen molar-refractivity contribution in [2.75, 3.05) is 0 Å². The number of rotatable bonds is 2. The molecule has 1 aliphatic carbocycles. The second kappa shape index (κ2) is 4.14. The Kier molecular flexibility index (Phi) is 3.40. The zero-order chi connectivity index (χ0) is 6.53. The van der Waals surface area contributed by atoms with E-state index in [2.05, 4.69) is 4.72 Å². The summed E-state index contributed by atoms with van der Waals surface area (Å²) in [6.07, 6.45) is 6.46. The third-order valence-corrected chi connectivity index (χ3v) is 2.26. The minimum absolute atomic E-state index is 0.564. The zero-order valence-electron chi connectivity index (χ0n) is 5.47. The van der Waals surface area contributed by atoms with Crippen LogP contribution in [0.3, 0.4) is 0 Å². The van der Waals surface area contributed by atoms with Crippen molar-refractivity contribution in [3.8, 4) is 0 Å². The summed E-state index contributed by atoms with van der Waals surface area (Å²) in [4.78, 5) is 0. The molecule has 0 atom stereocenters. The van der Waals surface area contributed by atoms with E-state index < -0.39 is 0 Å². The Bertz CT molecular complexity index is 70.7. The quantitative estimate of drug-likeness (QED) is 0.463. The molecule has 0 heterocycles. The highest BCUT2D eigenvalue weighted by Crippen LogP contribution is 2.18. The van der Waals surface area contributed by atoms with Gasteiger partial charge in [-0.3, -0.25) is 0 Å². The van der Waals surface area contributed by atoms with Crippen LogP contribution in [0.5, 0.6) is 0 Å². The van der Waals surface area contributed by atoms with Gasteiger partial charge in [-0.1, -0.05) is 19.3 Å². The molecule has 0 aromatic heterocycles. The fourth-order valence-electron chi connectivity index (χ4n) is 1.29. The molecule has 0 aromatic carbocycles. The Morgan fingerprint density at radius 2 is 1.89 bits per heavy atom. The molecule has 2 nitrogen and oxygen atoms in total. The predicted octanol–water partition coefficient (Wildman–Crippen LogP) is 2.03. The van der Waals surface area contributed by atoms with E-state index in [1.807, 2.05) is 0 Å². The maximum absolute atomic E-state index is 8.42. The van der Waals surface area contributed by atoms with Gasteiger partial charge in [-0.25, -0.2) is 4.72 Å². The Hall–Kier alpha value is 0.270. The number of nitrogens with one attached hydrogen (secondary N) is 1. The number of hydrogen-bond donors (Lipinski definition) is 2. The van der Waals surface area contributed by atoms with Crippen LogP contribution < -0.4 is 4.72 Å². The Balaban J connectivity index is 2.08. The van der Waals surface area contributed by atoms with E-state index in [1.54, 1.807) is 0 Å². The van der Waals surface area contributed by atoms with E-state index in [4.69, 9.17) is 4.55 Å². The first kappa shape index (κ1) is 7.38. The highest BCUT2D eigenvalue weighted by atomic mass is 32.2. The van der Waals surface area contributed by atoms with Crippen molar-refractivity contribution in [3.63, 3.8) is 0 Å². The lowest BCUT2D eigenvalue weighted by Crippen LogP contribution is -2.24. The molecule has 0 spiro atoms. The van der Waals surface area contributed by atoms with Crippen LogP contribution in [-0.2, 0) is 0 Å². The Morgan fingerprint density at radius 3 is 2.44 bits per heavy atom. The van der Waals surface area contributed by atoms with Crippen LogP contribution >= 0.6 is 12.2 Å². The van der Waals surface area contributed by atoms with Gasteiger partial charge >= 0.3 is 0 Å². The molecule has 0 aliphatic heterocycles. The average molecular weight is 147 g/mol. The number of hydrogen-bond acceptors (Lipinski definition) is 3. The van der Waals surface area contributed by atoms with Crippen LogP contribution in [0.4, 0.5) is 0 Å². The van der Waals surface area contributed by atoms with Gasteiger partial charge in [0.25, 0.3) is 0 Å². The molecular weight excluding hydrogens is 134 g/mol. The summed E-state index contributed by atoms with van der Waals surface area (Å²) in [5.41, 5.74) is 0. The smallest absolute Gasteiger partial charge is 0.0762 e. The minimum Gasteiger partial charge on any atom is -0.317 e. The lowest BCUT2D eigenvalue weighted by Gasteiger charge is -2.20. The van der Waals surface area contributed by atoms with Crippen LogP contribution in [0.25, 0.3) is 0 Å². The Morgan fingerprint density at radius 1 is 1.22 bits per heavy atom. The summed E-state index contributed by atoms with van der Waals surface area (Å²) >= 11 is 0.758. The Labute approximate surface area is 60.4 Å². The molecule has 1 saturated carbocycles. The van der Waals surface area contributed by atoms with Crippen molar-refractivity contribution in [2.45, 2.75) is 38.1 Å². The highest BCUT2D eigenvalue weighted by molar-refractivity contribution is 7.91. The van der Waals surface area contributed by atoms with E-state index in [1.165, 1.54) is 32.1 Å². The monoisotopic (exact) mass is 147 g/mol. The van der Waals surface area contributed by atoms with Gasteiger partial charge in [-0.2, -0.15) is 0 Å². The second-order valence-electron chi connectivity index (χ2n) is 2.54. The molecule has 0 unspecified atom stereocenters. The first-order valence-corrected chi connectivity index (χ1v) is 4.27. The first-order valence-electron chi connectivity index (χ1n) is 3.49. The van der Waals surface area contributed by atoms with Gasteiger partial charge in [0.05, 0.1) is 12.2 Å². The van der Waals surface area contributed by atoms with Crippen LogP contribution in [0.15, 0.2) is 0 Å². The summed E-state index contributed by atoms with van der Waals surface area (Å²) in [7, 11) is 0. The van der Waals surface area contributed by atoms with Crippen LogP contribution in [-0.4, -0.2) is 10.6 Å². The largest absolute Gasteiger partial charge is 0.317 e. The van der Waals surface area contributed by atoms with Crippen molar-refractivity contribution in [3.05, 3.63) is 0 Å². The lowest BCUT2D eigenvalue weighted by molar-refractivity contribution is 0.418. The topological polar surface area (TPSA) is 32.3 Å². The maximum atomic E-state index is 8.42. The average Bonchev–Trinajstić information content (AvgIpc) is 1.91. The van der Waals surface area contributed by atoms with Crippen molar-refractivity contribution < 1.29 is 4.55 Å². The van der Waals surface area contributed by atoms with Gasteiger partial charge in [0.2, 0.25) is 0 Å². The van der Waals surface area contributed by atoms with E-state index in [-0.39, 0.29) is 0 Å². The van der Waals surface area contributed by atoms with Crippen LogP contribution in [0.2, 0.25) is 0 Å². The minimum atomic E-state index is 0.564. The van der Waals surface area contributed by atoms with Gasteiger partial charge in [0.1, 0.15) is 0 Å². The van der Waals surface area contributed by atoms with Crippen LogP contribution in [0.1, 0.15) is 32.1 Å². The molecule has 3 heteroatoms. The normalized spacial score (nSPS) is 22.3. The van der Waals surface area contributed by atoms with Gasteiger partial charge < -0.3 is 4.55 Å². The van der Waals surface area contributed by atoms with Crippen LogP contribution in [0, 0.1) is 0 Å². The van der Waals surface area contributed by atoms with Gasteiger partial charge in [-0.15, -0.1) is 0 Å². The molecule has 0 saturated heterocycles. The third kappa shape index (κ3) is 2.56. The summed E-state index contributed by atoms with van der Waals surface area (Å²) in [6.45, 7) is 0. The molecule has 0 bridgehead atoms. The molecule has 0 aromatic rings. The third-order valence-electron chi connectivity index (χ3n) is 1.82. The molecule has 1 aliphatic rings. The SMILES string of the molecule is OSNC1CCCCC1. The summed E-state index contributed by atoms with van der Waals surface area (Å²) < 4.78 is 11.4. The zero-order valence-corrected chi connectivity index (χ0v) is 6.28. The summed E-state index contributed by atoms with van der Waals surface area (Å²) in [5, 5.41) is 0. The van der Waals surface area contributed by atoms with Crippen molar-refractivity contribution in [2.24, 2.45) is 0 Å². The summed E-state index contributed by atoms with van der Waals surface area (Å²) in [6, 6.07) is 0.564. The molecular formula is C6H13NOS. The van der Waals surface area contributed by atoms with Gasteiger partial charge in [0, 0.05) is 6.04 Å². The van der Waals surface area contributed by atoms with E-state index in [9.17, 15) is 0 Å². The molecule has 1 fully saturated rings. The van der Waals surface area contributed by atoms with Gasteiger partial charge in [-0.05, 0) is 12.8 Å². The van der Waals surface area contributed by atoms with Gasteiger partial charge in [0.15, 0.2) is 0 Å². The van der Waals surface area contributed by atoms with E-state index in [0.717, 1.165) is 12.2 Å². The molecule has 9 heavy (non-hydrogen) atoms. The molecule has 0 radical (unpaired) electrons. The first-order chi connectivity index (χ1) is 4.43. The predicted molar refractivity (Wildman–Crippen MR) is 40.2 cm³/mol. The van der Waals surface area contributed by atoms with Crippen molar-refractivity contribution in [1.29, 1.82) is 0 Å². The fourth-order valence-corrected chi connectivity index (χ4v) is 1.68. The molecule has 2 N–H and O–H groups in total. The van der Waals surface area contributed by atoms with E-state index in [0.29, 0.717) is 6.04 Å². The molecule has 54 valence electrons. The maximum Gasteiger partial charge on any atom is 0.0762 e. The molecule has 1 rings (SSSR count). The lowest BCUT2D eigenvalue weighted by atomic mass is 9.96. The highest BCUT2D eigenvalue weighted by Gasteiger charge is 2.11. The van der Waals surface area contributed by atoms with Crippen molar-refractivity contribution >= 4 is 12.2 Å².